The molecule has 0 spiro atoms. The van der Waals surface area contributed by atoms with Gasteiger partial charge < -0.3 is 15.4 Å². The zero-order chi connectivity index (χ0) is 22.3. The van der Waals surface area contributed by atoms with E-state index in [1.54, 1.807) is 24.0 Å². The van der Waals surface area contributed by atoms with Crippen molar-refractivity contribution in [1.82, 2.24) is 10.2 Å². The number of ether oxygens (including phenoxy) is 1. The normalized spacial score (nSPS) is 16.5. The predicted octanol–water partition coefficient (Wildman–Crippen LogP) is 4.37. The van der Waals surface area contributed by atoms with E-state index in [1.807, 2.05) is 39.8 Å². The Hall–Kier alpha value is -2.83. The van der Waals surface area contributed by atoms with E-state index in [1.165, 1.54) is 0 Å². The highest BCUT2D eigenvalue weighted by atomic mass is 16.5. The number of benzene rings is 1. The Kier molecular flexibility index (Phi) is 8.45. The third kappa shape index (κ3) is 5.84. The minimum Gasteiger partial charge on any atom is -0.462 e. The lowest BCUT2D eigenvalue weighted by Gasteiger charge is -2.35. The van der Waals surface area contributed by atoms with Crippen LogP contribution in [-0.2, 0) is 14.3 Å². The summed E-state index contributed by atoms with van der Waals surface area (Å²) >= 11 is 0. The van der Waals surface area contributed by atoms with Crippen molar-refractivity contribution < 1.29 is 19.1 Å². The second kappa shape index (κ2) is 10.8. The van der Waals surface area contributed by atoms with Crippen LogP contribution in [0.15, 0.2) is 35.5 Å². The number of nitrogens with one attached hydrogen (secondary N) is 2. The molecular weight excluding hydrogens is 382 g/mol. The van der Waals surface area contributed by atoms with Crippen LogP contribution in [-0.4, -0.2) is 36.0 Å². The monoisotopic (exact) mass is 415 g/mol. The average Bonchev–Trinajstić information content (AvgIpc) is 2.69. The van der Waals surface area contributed by atoms with Crippen molar-refractivity contribution in [2.75, 3.05) is 18.5 Å². The molecule has 1 aliphatic heterocycles. The maximum absolute atomic E-state index is 12.9. The smallest absolute Gasteiger partial charge is 0.338 e. The molecule has 3 amide bonds. The number of esters is 1. The molecule has 1 atom stereocenters. The number of urea groups is 1. The molecular formula is C23H33N3O4. The fourth-order valence-corrected chi connectivity index (χ4v) is 3.32. The number of rotatable bonds is 9. The van der Waals surface area contributed by atoms with Gasteiger partial charge in [-0.25, -0.2) is 9.59 Å². The lowest BCUT2D eigenvalue weighted by molar-refractivity contribution is -0.140. The molecule has 7 nitrogen and oxygen atoms in total. The molecule has 0 fully saturated rings. The first-order valence-corrected chi connectivity index (χ1v) is 10.6. The van der Waals surface area contributed by atoms with Gasteiger partial charge in [-0.15, -0.1) is 0 Å². The van der Waals surface area contributed by atoms with Gasteiger partial charge in [0.25, 0.3) is 0 Å². The second-order valence-corrected chi connectivity index (χ2v) is 7.95. The Labute approximate surface area is 178 Å². The van der Waals surface area contributed by atoms with Crippen LogP contribution in [0.3, 0.4) is 0 Å². The SMILES string of the molecule is CCCC(=O)Nc1ccc([C@H]2NC(=O)N(CCC)C(C)=C2C(=O)OCC(C)C)cc1. The Balaban J connectivity index is 2.34. The van der Waals surface area contributed by atoms with Crippen molar-refractivity contribution in [1.29, 1.82) is 0 Å². The maximum Gasteiger partial charge on any atom is 0.338 e. The van der Waals surface area contributed by atoms with Crippen molar-refractivity contribution in [3.63, 3.8) is 0 Å². The molecule has 0 saturated heterocycles. The number of allylic oxidation sites excluding steroid dienone is 1. The van der Waals surface area contributed by atoms with Gasteiger partial charge in [0.1, 0.15) is 0 Å². The summed E-state index contributed by atoms with van der Waals surface area (Å²) in [4.78, 5) is 39.0. The van der Waals surface area contributed by atoms with Gasteiger partial charge in [-0.05, 0) is 43.4 Å². The summed E-state index contributed by atoms with van der Waals surface area (Å²) in [5, 5.41) is 5.78. The number of hydrogen-bond acceptors (Lipinski definition) is 4. The van der Waals surface area contributed by atoms with Gasteiger partial charge in [0.05, 0.1) is 18.2 Å². The third-order valence-electron chi connectivity index (χ3n) is 4.82. The molecule has 2 N–H and O–H groups in total. The Morgan fingerprint density at radius 2 is 1.83 bits per heavy atom. The van der Waals surface area contributed by atoms with Crippen LogP contribution in [0.5, 0.6) is 0 Å². The second-order valence-electron chi connectivity index (χ2n) is 7.95. The highest BCUT2D eigenvalue weighted by molar-refractivity contribution is 5.95. The van der Waals surface area contributed by atoms with Crippen LogP contribution in [0.25, 0.3) is 0 Å². The first kappa shape index (κ1) is 23.4. The summed E-state index contributed by atoms with van der Waals surface area (Å²) in [6, 6.07) is 6.33. The summed E-state index contributed by atoms with van der Waals surface area (Å²) in [5.41, 5.74) is 2.48. The van der Waals surface area contributed by atoms with E-state index in [0.717, 1.165) is 18.4 Å². The fourth-order valence-electron chi connectivity index (χ4n) is 3.32. The summed E-state index contributed by atoms with van der Waals surface area (Å²) < 4.78 is 5.50. The van der Waals surface area contributed by atoms with Gasteiger partial charge in [0, 0.05) is 24.4 Å². The van der Waals surface area contributed by atoms with E-state index in [-0.39, 0.29) is 17.9 Å². The van der Waals surface area contributed by atoms with Crippen molar-refractivity contribution >= 4 is 23.6 Å². The largest absolute Gasteiger partial charge is 0.462 e. The van der Waals surface area contributed by atoms with E-state index in [9.17, 15) is 14.4 Å². The van der Waals surface area contributed by atoms with E-state index in [4.69, 9.17) is 4.74 Å². The zero-order valence-electron chi connectivity index (χ0n) is 18.6. The van der Waals surface area contributed by atoms with Gasteiger partial charge in [-0.2, -0.15) is 0 Å². The Morgan fingerprint density at radius 3 is 2.40 bits per heavy atom. The van der Waals surface area contributed by atoms with E-state index < -0.39 is 12.0 Å². The lowest BCUT2D eigenvalue weighted by atomic mass is 9.94. The molecule has 164 valence electrons. The first-order valence-electron chi connectivity index (χ1n) is 10.6. The summed E-state index contributed by atoms with van der Waals surface area (Å²) in [6.45, 7) is 10.5. The van der Waals surface area contributed by atoms with Gasteiger partial charge in [0.2, 0.25) is 5.91 Å². The molecule has 0 unspecified atom stereocenters. The molecule has 0 bridgehead atoms. The summed E-state index contributed by atoms with van der Waals surface area (Å²) in [6.07, 6.45) is 2.01. The summed E-state index contributed by atoms with van der Waals surface area (Å²) in [5.74, 6) is -0.253. The highest BCUT2D eigenvalue weighted by Gasteiger charge is 2.36. The van der Waals surface area contributed by atoms with Crippen LogP contribution >= 0.6 is 0 Å². The van der Waals surface area contributed by atoms with Gasteiger partial charge in [0.15, 0.2) is 0 Å². The summed E-state index contributed by atoms with van der Waals surface area (Å²) in [7, 11) is 0. The molecule has 0 saturated carbocycles. The van der Waals surface area contributed by atoms with Crippen molar-refractivity contribution in [3.05, 3.63) is 41.1 Å². The average molecular weight is 416 g/mol. The number of anilines is 1. The fraction of sp³-hybridized carbons (Fsp3) is 0.522. The topological polar surface area (TPSA) is 87.7 Å². The molecule has 1 aliphatic rings. The number of carbonyl (C=O) groups is 3. The molecule has 0 aliphatic carbocycles. The molecule has 1 heterocycles. The Morgan fingerprint density at radius 1 is 1.17 bits per heavy atom. The minimum atomic E-state index is -0.606. The van der Waals surface area contributed by atoms with Gasteiger partial charge in [-0.3, -0.25) is 9.69 Å². The predicted molar refractivity (Wildman–Crippen MR) is 117 cm³/mol. The number of hydrogen-bond donors (Lipinski definition) is 2. The van der Waals surface area contributed by atoms with Crippen molar-refractivity contribution in [2.45, 2.75) is 59.9 Å². The molecule has 1 aromatic carbocycles. The van der Waals surface area contributed by atoms with Gasteiger partial charge >= 0.3 is 12.0 Å². The quantitative estimate of drug-likeness (QED) is 0.586. The van der Waals surface area contributed by atoms with Crippen molar-refractivity contribution in [2.24, 2.45) is 5.92 Å². The molecule has 7 heteroatoms. The molecule has 0 radical (unpaired) electrons. The van der Waals surface area contributed by atoms with Crippen LogP contribution < -0.4 is 10.6 Å². The number of amides is 3. The minimum absolute atomic E-state index is 0.0416. The van der Waals surface area contributed by atoms with Gasteiger partial charge in [-0.1, -0.05) is 39.8 Å². The third-order valence-corrected chi connectivity index (χ3v) is 4.82. The van der Waals surface area contributed by atoms with Crippen LogP contribution in [0.1, 0.15) is 65.5 Å². The Bertz CT molecular complexity index is 799. The molecule has 2 rings (SSSR count). The first-order chi connectivity index (χ1) is 14.3. The maximum atomic E-state index is 12.9. The van der Waals surface area contributed by atoms with E-state index in [0.29, 0.717) is 36.5 Å². The molecule has 1 aromatic rings. The van der Waals surface area contributed by atoms with Crippen molar-refractivity contribution in [3.8, 4) is 0 Å². The van der Waals surface area contributed by atoms with Crippen LogP contribution in [0.2, 0.25) is 0 Å². The number of carbonyl (C=O) groups excluding carboxylic acids is 3. The van der Waals surface area contributed by atoms with E-state index in [2.05, 4.69) is 10.6 Å². The zero-order valence-corrected chi connectivity index (χ0v) is 18.6. The highest BCUT2D eigenvalue weighted by Crippen LogP contribution is 2.32. The molecule has 30 heavy (non-hydrogen) atoms. The number of nitrogens with zero attached hydrogens (tertiary/aromatic N) is 1. The van der Waals surface area contributed by atoms with E-state index >= 15 is 0 Å². The van der Waals surface area contributed by atoms with Crippen LogP contribution in [0.4, 0.5) is 10.5 Å². The van der Waals surface area contributed by atoms with Crippen LogP contribution in [0, 0.1) is 5.92 Å². The molecule has 0 aromatic heterocycles. The lowest BCUT2D eigenvalue weighted by Crippen LogP contribution is -2.48. The standard InChI is InChI=1S/C23H33N3O4/c1-6-8-19(27)24-18-11-9-17(10-12-18)21-20(22(28)30-14-15(3)4)16(5)26(13-7-2)23(29)25-21/h9-12,15,21H,6-8,13-14H2,1-5H3,(H,24,27)(H,25,29)/t21-/m1/s1.